The van der Waals surface area contributed by atoms with E-state index in [4.69, 9.17) is 5.10 Å². The van der Waals surface area contributed by atoms with Gasteiger partial charge in [-0.15, -0.1) is 15.3 Å². The molecule has 1 saturated carbocycles. The van der Waals surface area contributed by atoms with E-state index in [1.807, 2.05) is 12.1 Å². The van der Waals surface area contributed by atoms with Crippen LogP contribution in [0.25, 0.3) is 5.65 Å². The van der Waals surface area contributed by atoms with Gasteiger partial charge in [-0.25, -0.2) is 0 Å². The maximum absolute atomic E-state index is 11.9. The fraction of sp³-hybridized carbons (Fsp3) is 0.647. The number of nitrogens with zero attached hydrogens (tertiary/aromatic N) is 5. The second kappa shape index (κ2) is 4.91. The number of rotatable bonds is 2. The first-order valence-electron chi connectivity index (χ1n) is 8.52. The molecule has 4 rings (SSSR count). The third kappa shape index (κ3) is 2.10. The summed E-state index contributed by atoms with van der Waals surface area (Å²) in [6, 6.07) is 3.83. The molecule has 2 fully saturated rings. The van der Waals surface area contributed by atoms with E-state index in [2.05, 4.69) is 35.9 Å². The van der Waals surface area contributed by atoms with E-state index >= 15 is 0 Å². The molecule has 0 amide bonds. The molecule has 7 nitrogen and oxygen atoms in total. The van der Waals surface area contributed by atoms with E-state index in [0.29, 0.717) is 6.54 Å². The zero-order valence-corrected chi connectivity index (χ0v) is 14.4. The maximum atomic E-state index is 11.9. The number of aliphatic carboxylic acids is 1. The lowest BCUT2D eigenvalue weighted by Gasteiger charge is -2.23. The summed E-state index contributed by atoms with van der Waals surface area (Å²) in [6.07, 6.45) is 2.77. The summed E-state index contributed by atoms with van der Waals surface area (Å²) in [4.78, 5) is 14.0. The molecule has 1 aliphatic heterocycles. The maximum Gasteiger partial charge on any atom is 0.311 e. The van der Waals surface area contributed by atoms with Crippen LogP contribution in [0.1, 0.15) is 45.9 Å². The second-order valence-electron chi connectivity index (χ2n) is 8.17. The summed E-state index contributed by atoms with van der Waals surface area (Å²) in [5.74, 6) is 1.18. The van der Waals surface area contributed by atoms with Gasteiger partial charge in [0.15, 0.2) is 11.5 Å². The third-order valence-electron chi connectivity index (χ3n) is 5.54. The second-order valence-corrected chi connectivity index (χ2v) is 8.17. The van der Waals surface area contributed by atoms with Crippen molar-refractivity contribution in [2.24, 2.45) is 11.3 Å². The smallest absolute Gasteiger partial charge is 0.311 e. The minimum atomic E-state index is -0.659. The van der Waals surface area contributed by atoms with Crippen LogP contribution < -0.4 is 4.90 Å². The molecule has 2 aliphatic rings. The van der Waals surface area contributed by atoms with E-state index in [-0.39, 0.29) is 11.3 Å². The highest BCUT2D eigenvalue weighted by molar-refractivity contribution is 5.77. The number of hydrogen-bond donors (Lipinski definition) is 1. The Hall–Kier alpha value is -2.18. The summed E-state index contributed by atoms with van der Waals surface area (Å²) < 4.78 is 1.79. The first-order valence-corrected chi connectivity index (χ1v) is 8.52. The molecular formula is C17H23N5O2. The first kappa shape index (κ1) is 15.4. The highest BCUT2D eigenvalue weighted by Crippen LogP contribution is 2.49. The largest absolute Gasteiger partial charge is 0.481 e. The van der Waals surface area contributed by atoms with Crippen LogP contribution in [0.2, 0.25) is 0 Å². The summed E-state index contributed by atoms with van der Waals surface area (Å²) >= 11 is 0. The monoisotopic (exact) mass is 329 g/mol. The molecule has 0 aromatic carbocycles. The standard InChI is InChI=1S/C17H23N5O2/c1-16(2,3)14-19-18-12-6-7-13(20-22(12)14)21-9-11-5-4-8-17(11,10-21)15(23)24/h6-7,11H,4-5,8-10H2,1-3H3,(H,23,24)/t11-,17+/m0/s1. The predicted molar refractivity (Wildman–Crippen MR) is 89.1 cm³/mol. The van der Waals surface area contributed by atoms with Crippen LogP contribution in [0, 0.1) is 11.3 Å². The molecule has 3 heterocycles. The Bertz CT molecular complexity index is 809. The third-order valence-corrected chi connectivity index (χ3v) is 5.54. The topological polar surface area (TPSA) is 83.6 Å². The van der Waals surface area contributed by atoms with Gasteiger partial charge in [-0.05, 0) is 30.9 Å². The fourth-order valence-corrected chi connectivity index (χ4v) is 4.23. The van der Waals surface area contributed by atoms with Crippen LogP contribution in [0.15, 0.2) is 12.1 Å². The van der Waals surface area contributed by atoms with Gasteiger partial charge in [0.1, 0.15) is 5.82 Å². The Morgan fingerprint density at radius 3 is 2.79 bits per heavy atom. The molecule has 1 N–H and O–H groups in total. The normalized spacial score (nSPS) is 27.0. The molecule has 2 aromatic rings. The summed E-state index contributed by atoms with van der Waals surface area (Å²) in [6.45, 7) is 7.54. The molecule has 1 aliphatic carbocycles. The van der Waals surface area contributed by atoms with Crippen molar-refractivity contribution < 1.29 is 9.90 Å². The van der Waals surface area contributed by atoms with Crippen molar-refractivity contribution in [2.45, 2.75) is 45.4 Å². The van der Waals surface area contributed by atoms with Gasteiger partial charge in [0, 0.05) is 18.5 Å². The van der Waals surface area contributed by atoms with Gasteiger partial charge in [-0.1, -0.05) is 27.2 Å². The van der Waals surface area contributed by atoms with Gasteiger partial charge < -0.3 is 10.0 Å². The summed E-state index contributed by atoms with van der Waals surface area (Å²) in [5, 5.41) is 22.9. The minimum Gasteiger partial charge on any atom is -0.481 e. The van der Waals surface area contributed by atoms with Crippen molar-refractivity contribution in [3.63, 3.8) is 0 Å². The van der Waals surface area contributed by atoms with Crippen molar-refractivity contribution in [3.8, 4) is 0 Å². The predicted octanol–water partition coefficient (Wildman–Crippen LogP) is 2.11. The lowest BCUT2D eigenvalue weighted by atomic mass is 9.81. The van der Waals surface area contributed by atoms with Crippen LogP contribution in [-0.4, -0.2) is 44.0 Å². The highest BCUT2D eigenvalue weighted by atomic mass is 16.4. The summed E-state index contributed by atoms with van der Waals surface area (Å²) in [5.41, 5.74) is -0.0399. The van der Waals surface area contributed by atoms with Crippen molar-refractivity contribution in [1.29, 1.82) is 0 Å². The van der Waals surface area contributed by atoms with Crippen molar-refractivity contribution in [3.05, 3.63) is 18.0 Å². The molecular weight excluding hydrogens is 306 g/mol. The molecule has 0 bridgehead atoms. The van der Waals surface area contributed by atoms with Crippen LogP contribution in [-0.2, 0) is 10.2 Å². The zero-order valence-electron chi connectivity index (χ0n) is 14.4. The molecule has 128 valence electrons. The fourth-order valence-electron chi connectivity index (χ4n) is 4.23. The number of anilines is 1. The van der Waals surface area contributed by atoms with Crippen molar-refractivity contribution in [1.82, 2.24) is 19.8 Å². The molecule has 2 atom stereocenters. The zero-order chi connectivity index (χ0) is 17.1. The van der Waals surface area contributed by atoms with E-state index in [1.165, 1.54) is 0 Å². The van der Waals surface area contributed by atoms with Gasteiger partial charge in [0.25, 0.3) is 0 Å². The van der Waals surface area contributed by atoms with Gasteiger partial charge >= 0.3 is 5.97 Å². The first-order chi connectivity index (χ1) is 11.3. The summed E-state index contributed by atoms with van der Waals surface area (Å²) in [7, 11) is 0. The average Bonchev–Trinajstić information content (AvgIpc) is 3.17. The minimum absolute atomic E-state index is 0.158. The number of hydrogen-bond acceptors (Lipinski definition) is 5. The number of carboxylic acid groups (broad SMARTS) is 1. The molecule has 2 aromatic heterocycles. The number of carboxylic acids is 1. The Balaban J connectivity index is 1.72. The molecule has 0 radical (unpaired) electrons. The van der Waals surface area contributed by atoms with Crippen LogP contribution in [0.4, 0.5) is 5.82 Å². The van der Waals surface area contributed by atoms with Gasteiger partial charge in [0.2, 0.25) is 0 Å². The van der Waals surface area contributed by atoms with Gasteiger partial charge in [0.05, 0.1) is 5.41 Å². The quantitative estimate of drug-likeness (QED) is 0.908. The van der Waals surface area contributed by atoms with E-state index in [9.17, 15) is 9.90 Å². The number of aromatic nitrogens is 4. The number of fused-ring (bicyclic) bond motifs is 2. The molecule has 0 spiro atoms. The molecule has 1 saturated heterocycles. The van der Waals surface area contributed by atoms with E-state index < -0.39 is 11.4 Å². The number of carbonyl (C=O) groups is 1. The molecule has 24 heavy (non-hydrogen) atoms. The van der Waals surface area contributed by atoms with Crippen molar-refractivity contribution >= 4 is 17.4 Å². The Kier molecular flexibility index (Phi) is 3.14. The van der Waals surface area contributed by atoms with Crippen LogP contribution in [0.3, 0.4) is 0 Å². The van der Waals surface area contributed by atoms with Crippen LogP contribution in [0.5, 0.6) is 0 Å². The van der Waals surface area contributed by atoms with E-state index in [1.54, 1.807) is 4.52 Å². The Morgan fingerprint density at radius 1 is 1.33 bits per heavy atom. The molecule has 0 unspecified atom stereocenters. The van der Waals surface area contributed by atoms with E-state index in [0.717, 1.165) is 43.1 Å². The van der Waals surface area contributed by atoms with Crippen LogP contribution >= 0.6 is 0 Å². The lowest BCUT2D eigenvalue weighted by molar-refractivity contribution is -0.149. The van der Waals surface area contributed by atoms with Gasteiger partial charge in [-0.3, -0.25) is 4.79 Å². The highest BCUT2D eigenvalue weighted by Gasteiger charge is 2.55. The Labute approximate surface area is 140 Å². The molecule has 7 heteroatoms. The SMILES string of the molecule is CC(C)(C)c1nnc2ccc(N3C[C@@H]4CCC[C@@]4(C(=O)O)C3)nn12. The van der Waals surface area contributed by atoms with Gasteiger partial charge in [-0.2, -0.15) is 4.52 Å². The average molecular weight is 329 g/mol. The lowest BCUT2D eigenvalue weighted by Crippen LogP contribution is -2.36. The Morgan fingerprint density at radius 2 is 2.12 bits per heavy atom. The van der Waals surface area contributed by atoms with Crippen molar-refractivity contribution in [2.75, 3.05) is 18.0 Å².